The lowest BCUT2D eigenvalue weighted by atomic mass is 10.3. The summed E-state index contributed by atoms with van der Waals surface area (Å²) in [6.45, 7) is 3.45. The molecule has 7 heteroatoms. The van der Waals surface area contributed by atoms with Crippen LogP contribution in [-0.4, -0.2) is 54.6 Å². The van der Waals surface area contributed by atoms with Gasteiger partial charge in [-0.05, 0) is 12.8 Å². The minimum absolute atomic E-state index is 0.238. The van der Waals surface area contributed by atoms with Crippen molar-refractivity contribution in [1.82, 2.24) is 15.5 Å². The van der Waals surface area contributed by atoms with Gasteiger partial charge >= 0.3 is 12.0 Å². The van der Waals surface area contributed by atoms with Crippen LogP contribution in [0.15, 0.2) is 12.7 Å². The number of rotatable bonds is 8. The summed E-state index contributed by atoms with van der Waals surface area (Å²) in [6.07, 6.45) is 3.39. The fourth-order valence-corrected chi connectivity index (χ4v) is 1.10. The van der Waals surface area contributed by atoms with Crippen LogP contribution in [0.3, 0.4) is 0 Å². The fraction of sp³-hybridized carbons (Fsp3) is 0.545. The van der Waals surface area contributed by atoms with Crippen molar-refractivity contribution < 1.29 is 19.5 Å². The molecule has 0 atom stereocenters. The number of aliphatic carboxylic acids is 1. The summed E-state index contributed by atoms with van der Waals surface area (Å²) in [5, 5.41) is 12.9. The molecule has 0 aliphatic rings. The van der Waals surface area contributed by atoms with Gasteiger partial charge in [-0.1, -0.05) is 6.08 Å². The van der Waals surface area contributed by atoms with Crippen molar-refractivity contribution in [2.75, 3.05) is 26.7 Å². The van der Waals surface area contributed by atoms with E-state index in [-0.39, 0.29) is 12.6 Å². The van der Waals surface area contributed by atoms with Gasteiger partial charge in [0.2, 0.25) is 5.91 Å². The number of hydrogen-bond acceptors (Lipinski definition) is 3. The molecule has 0 aromatic heterocycles. The summed E-state index contributed by atoms with van der Waals surface area (Å²) < 4.78 is 0. The van der Waals surface area contributed by atoms with E-state index in [0.717, 1.165) is 12.8 Å². The van der Waals surface area contributed by atoms with E-state index in [0.29, 0.717) is 6.54 Å². The number of carbonyl (C=O) groups is 3. The lowest BCUT2D eigenvalue weighted by Crippen LogP contribution is -2.44. The Morgan fingerprint density at radius 1 is 1.28 bits per heavy atom. The highest BCUT2D eigenvalue weighted by Gasteiger charge is 2.09. The number of carboxylic acid groups (broad SMARTS) is 1. The number of unbranched alkanes of at least 4 members (excludes halogenated alkanes) is 1. The molecule has 0 saturated heterocycles. The second-order valence-electron chi connectivity index (χ2n) is 3.68. The maximum Gasteiger partial charge on any atom is 0.322 e. The quantitative estimate of drug-likeness (QED) is 0.414. The number of hydrogen-bond donors (Lipinski definition) is 3. The number of carboxylic acids is 1. The molecule has 7 nitrogen and oxygen atoms in total. The molecule has 0 aliphatic heterocycles. The monoisotopic (exact) mass is 257 g/mol. The lowest BCUT2D eigenvalue weighted by molar-refractivity contribution is -0.137. The van der Waals surface area contributed by atoms with E-state index in [1.807, 2.05) is 0 Å². The molecule has 0 spiro atoms. The zero-order valence-corrected chi connectivity index (χ0v) is 10.4. The van der Waals surface area contributed by atoms with Gasteiger partial charge in [-0.25, -0.2) is 4.79 Å². The lowest BCUT2D eigenvalue weighted by Gasteiger charge is -2.17. The van der Waals surface area contributed by atoms with Crippen molar-refractivity contribution in [3.63, 3.8) is 0 Å². The van der Waals surface area contributed by atoms with Gasteiger partial charge in [0, 0.05) is 13.6 Å². The van der Waals surface area contributed by atoms with Gasteiger partial charge in [0.15, 0.2) is 0 Å². The Kier molecular flexibility index (Phi) is 8.00. The van der Waals surface area contributed by atoms with Gasteiger partial charge < -0.3 is 20.6 Å². The van der Waals surface area contributed by atoms with Crippen LogP contribution >= 0.6 is 0 Å². The fourth-order valence-electron chi connectivity index (χ4n) is 1.10. The van der Waals surface area contributed by atoms with E-state index >= 15 is 0 Å². The molecule has 0 radical (unpaired) electrons. The maximum atomic E-state index is 11.5. The Morgan fingerprint density at radius 3 is 2.50 bits per heavy atom. The number of amides is 3. The largest absolute Gasteiger partial charge is 0.480 e. The first kappa shape index (κ1) is 16.0. The van der Waals surface area contributed by atoms with Crippen molar-refractivity contribution in [3.05, 3.63) is 12.7 Å². The summed E-state index contributed by atoms with van der Waals surface area (Å²) >= 11 is 0. The van der Waals surface area contributed by atoms with Gasteiger partial charge in [-0.3, -0.25) is 9.59 Å². The van der Waals surface area contributed by atoms with Crippen LogP contribution in [0.1, 0.15) is 12.8 Å². The van der Waals surface area contributed by atoms with Crippen LogP contribution in [0.5, 0.6) is 0 Å². The topological polar surface area (TPSA) is 98.7 Å². The molecule has 0 saturated carbocycles. The minimum atomic E-state index is -1.13. The van der Waals surface area contributed by atoms with Gasteiger partial charge in [0.25, 0.3) is 0 Å². The third kappa shape index (κ3) is 8.14. The first-order valence-electron chi connectivity index (χ1n) is 5.55. The van der Waals surface area contributed by atoms with Crippen LogP contribution < -0.4 is 10.6 Å². The van der Waals surface area contributed by atoms with Crippen LogP contribution in [-0.2, 0) is 9.59 Å². The zero-order valence-electron chi connectivity index (χ0n) is 10.4. The molecule has 0 fully saturated rings. The molecule has 102 valence electrons. The smallest absolute Gasteiger partial charge is 0.322 e. The third-order valence-electron chi connectivity index (χ3n) is 2.09. The highest BCUT2D eigenvalue weighted by molar-refractivity contribution is 5.86. The van der Waals surface area contributed by atoms with Gasteiger partial charge in [-0.2, -0.15) is 0 Å². The Balaban J connectivity index is 3.77. The number of nitrogens with one attached hydrogen (secondary N) is 2. The van der Waals surface area contributed by atoms with Gasteiger partial charge in [0.05, 0.1) is 6.54 Å². The molecule has 0 aromatic rings. The van der Waals surface area contributed by atoms with E-state index in [1.54, 1.807) is 13.1 Å². The van der Waals surface area contributed by atoms with Crippen LogP contribution in [0, 0.1) is 0 Å². The second kappa shape index (κ2) is 9.03. The molecule has 0 rings (SSSR count). The third-order valence-corrected chi connectivity index (χ3v) is 2.09. The molecule has 0 unspecified atom stereocenters. The highest BCUT2D eigenvalue weighted by Crippen LogP contribution is 1.93. The molecular weight excluding hydrogens is 238 g/mol. The zero-order chi connectivity index (χ0) is 14.0. The molecule has 0 heterocycles. The van der Waals surface area contributed by atoms with E-state index in [2.05, 4.69) is 17.2 Å². The molecule has 0 bridgehead atoms. The number of nitrogens with zero attached hydrogens (tertiary/aromatic N) is 1. The highest BCUT2D eigenvalue weighted by atomic mass is 16.4. The Hall–Kier alpha value is -2.05. The standard InChI is InChI=1S/C11H19N3O4/c1-3-4-5-6-14(2)11(18)13-7-9(15)12-8-10(16)17/h3H,1,4-8H2,2H3,(H,12,15)(H,13,18)(H,16,17). The first-order chi connectivity index (χ1) is 8.47. The Bertz CT molecular complexity index is 317. The Labute approximate surface area is 106 Å². The molecule has 0 aliphatic carbocycles. The Morgan fingerprint density at radius 2 is 1.94 bits per heavy atom. The van der Waals surface area contributed by atoms with Gasteiger partial charge in [-0.15, -0.1) is 6.58 Å². The van der Waals surface area contributed by atoms with Crippen LogP contribution in [0.4, 0.5) is 4.79 Å². The molecule has 18 heavy (non-hydrogen) atoms. The van der Waals surface area contributed by atoms with Crippen molar-refractivity contribution in [2.45, 2.75) is 12.8 Å². The van der Waals surface area contributed by atoms with E-state index in [9.17, 15) is 14.4 Å². The number of allylic oxidation sites excluding steroid dienone is 1. The normalized spacial score (nSPS) is 9.39. The van der Waals surface area contributed by atoms with Crippen molar-refractivity contribution in [2.24, 2.45) is 0 Å². The van der Waals surface area contributed by atoms with Crippen molar-refractivity contribution in [3.8, 4) is 0 Å². The average molecular weight is 257 g/mol. The van der Waals surface area contributed by atoms with Crippen molar-refractivity contribution >= 4 is 17.9 Å². The predicted molar refractivity (Wildman–Crippen MR) is 66.1 cm³/mol. The second-order valence-corrected chi connectivity index (χ2v) is 3.68. The summed E-state index contributed by atoms with van der Waals surface area (Å²) in [7, 11) is 1.62. The number of carbonyl (C=O) groups excluding carboxylic acids is 2. The van der Waals surface area contributed by atoms with Crippen LogP contribution in [0.25, 0.3) is 0 Å². The molecular formula is C11H19N3O4. The minimum Gasteiger partial charge on any atom is -0.480 e. The summed E-state index contributed by atoms with van der Waals surface area (Å²) in [5.74, 6) is -1.67. The van der Waals surface area contributed by atoms with E-state index in [1.165, 1.54) is 4.90 Å². The number of urea groups is 1. The predicted octanol–water partition coefficient (Wildman–Crippen LogP) is -0.205. The average Bonchev–Trinajstić information content (AvgIpc) is 2.33. The van der Waals surface area contributed by atoms with Crippen LogP contribution in [0.2, 0.25) is 0 Å². The maximum absolute atomic E-state index is 11.5. The first-order valence-corrected chi connectivity index (χ1v) is 5.55. The summed E-state index contributed by atoms with van der Waals surface area (Å²) in [5.41, 5.74) is 0. The van der Waals surface area contributed by atoms with E-state index < -0.39 is 18.4 Å². The van der Waals surface area contributed by atoms with Crippen molar-refractivity contribution in [1.29, 1.82) is 0 Å². The molecule has 3 amide bonds. The molecule has 0 aromatic carbocycles. The summed E-state index contributed by atoms with van der Waals surface area (Å²) in [4.78, 5) is 34.2. The summed E-state index contributed by atoms with van der Waals surface area (Å²) in [6, 6.07) is -0.371. The SMILES string of the molecule is C=CCCCN(C)C(=O)NCC(=O)NCC(=O)O. The molecule has 3 N–H and O–H groups in total. The van der Waals surface area contributed by atoms with E-state index in [4.69, 9.17) is 5.11 Å². The van der Waals surface area contributed by atoms with Gasteiger partial charge in [0.1, 0.15) is 6.54 Å².